The van der Waals surface area contributed by atoms with Gasteiger partial charge < -0.3 is 13.3 Å². The van der Waals surface area contributed by atoms with Crippen molar-refractivity contribution in [2.45, 2.75) is 70.9 Å². The summed E-state index contributed by atoms with van der Waals surface area (Å²) in [7, 11) is -2.69. The predicted molar refractivity (Wildman–Crippen MR) is 79.8 cm³/mol. The zero-order valence-electron chi connectivity index (χ0n) is 12.8. The molecule has 0 radical (unpaired) electrons. The Morgan fingerprint density at radius 2 is 1.63 bits per heavy atom. The van der Waals surface area contributed by atoms with Crippen molar-refractivity contribution < 1.29 is 13.3 Å². The van der Waals surface area contributed by atoms with Crippen LogP contribution in [0.3, 0.4) is 0 Å². The fourth-order valence-electron chi connectivity index (χ4n) is 2.66. The highest BCUT2D eigenvalue weighted by Crippen LogP contribution is 2.40. The van der Waals surface area contributed by atoms with Gasteiger partial charge in [0, 0.05) is 18.8 Å². The van der Waals surface area contributed by atoms with Gasteiger partial charge in [-0.1, -0.05) is 25.2 Å². The lowest BCUT2D eigenvalue weighted by Gasteiger charge is -2.40. The summed E-state index contributed by atoms with van der Waals surface area (Å²) in [6.07, 6.45) is 11.6. The summed E-state index contributed by atoms with van der Waals surface area (Å²) in [5, 5.41) is 0. The van der Waals surface area contributed by atoms with Crippen molar-refractivity contribution in [3.63, 3.8) is 0 Å². The highest BCUT2D eigenvalue weighted by atomic mass is 28.4. The molecule has 1 fully saturated rings. The van der Waals surface area contributed by atoms with Crippen molar-refractivity contribution in [2.24, 2.45) is 0 Å². The Bertz CT molecular complexity index is 297. The first kappa shape index (κ1) is 16.7. The van der Waals surface area contributed by atoms with E-state index in [2.05, 4.69) is 5.92 Å². The molecule has 1 aliphatic rings. The third-order valence-corrected chi connectivity index (χ3v) is 7.30. The van der Waals surface area contributed by atoms with Gasteiger partial charge in [0.15, 0.2) is 0 Å². The van der Waals surface area contributed by atoms with Gasteiger partial charge in [0.05, 0.1) is 0 Å². The molecule has 0 aromatic carbocycles. The van der Waals surface area contributed by atoms with E-state index in [0.29, 0.717) is 18.8 Å². The smallest absolute Gasteiger partial charge is 0.374 e. The molecule has 19 heavy (non-hydrogen) atoms. The van der Waals surface area contributed by atoms with E-state index in [1.807, 2.05) is 27.7 Å². The summed E-state index contributed by atoms with van der Waals surface area (Å²) in [5.41, 5.74) is -0.234. The maximum Gasteiger partial charge on any atom is 0.505 e. The highest BCUT2D eigenvalue weighted by Gasteiger charge is 2.52. The zero-order valence-corrected chi connectivity index (χ0v) is 13.8. The Morgan fingerprint density at radius 1 is 1.11 bits per heavy atom. The topological polar surface area (TPSA) is 27.7 Å². The highest BCUT2D eigenvalue weighted by molar-refractivity contribution is 6.62. The van der Waals surface area contributed by atoms with Crippen LogP contribution in [-0.2, 0) is 13.3 Å². The van der Waals surface area contributed by atoms with E-state index in [4.69, 9.17) is 19.7 Å². The van der Waals surface area contributed by atoms with Gasteiger partial charge in [-0.2, -0.15) is 0 Å². The summed E-state index contributed by atoms with van der Waals surface area (Å²) in [4.78, 5) is 0. The van der Waals surface area contributed by atoms with Crippen LogP contribution in [0.5, 0.6) is 0 Å². The molecule has 4 heteroatoms. The molecule has 0 bridgehead atoms. The average Bonchev–Trinajstić information content (AvgIpc) is 2.40. The van der Waals surface area contributed by atoms with E-state index in [9.17, 15) is 0 Å². The van der Waals surface area contributed by atoms with Crippen molar-refractivity contribution in [1.82, 2.24) is 0 Å². The molecular weight excluding hydrogens is 256 g/mol. The van der Waals surface area contributed by atoms with Crippen LogP contribution in [-0.4, -0.2) is 27.6 Å². The quantitative estimate of drug-likeness (QED) is 0.526. The minimum atomic E-state index is -2.69. The lowest BCUT2D eigenvalue weighted by molar-refractivity contribution is 0.00613. The van der Waals surface area contributed by atoms with E-state index in [1.54, 1.807) is 0 Å². The van der Waals surface area contributed by atoms with Gasteiger partial charge in [0.25, 0.3) is 0 Å². The van der Waals surface area contributed by atoms with E-state index in [-0.39, 0.29) is 0 Å². The molecule has 0 saturated heterocycles. The molecule has 0 aliphatic heterocycles. The molecule has 110 valence electrons. The summed E-state index contributed by atoms with van der Waals surface area (Å²) in [6, 6.07) is 0. The zero-order chi connectivity index (χ0) is 14.4. The fraction of sp³-hybridized carbons (Fsp3) is 0.867. The summed E-state index contributed by atoms with van der Waals surface area (Å²) in [5.74, 6) is 2.70. The van der Waals surface area contributed by atoms with E-state index in [1.165, 1.54) is 19.3 Å². The number of hydrogen-bond acceptors (Lipinski definition) is 3. The van der Waals surface area contributed by atoms with Crippen LogP contribution in [0.15, 0.2) is 0 Å². The number of hydrogen-bond donors (Lipinski definition) is 0. The molecule has 0 unspecified atom stereocenters. The molecule has 1 saturated carbocycles. The second-order valence-corrected chi connectivity index (χ2v) is 8.37. The van der Waals surface area contributed by atoms with Crippen LogP contribution in [0.25, 0.3) is 0 Å². The third kappa shape index (κ3) is 4.61. The lowest BCUT2D eigenvalue weighted by atomic mass is 10.0. The first-order valence-corrected chi connectivity index (χ1v) is 9.25. The first-order chi connectivity index (χ1) is 8.99. The Hall–Kier alpha value is -0.343. The average molecular weight is 284 g/mol. The van der Waals surface area contributed by atoms with E-state index >= 15 is 0 Å². The van der Waals surface area contributed by atoms with Crippen molar-refractivity contribution >= 4 is 8.80 Å². The molecule has 0 atom stereocenters. The Morgan fingerprint density at radius 3 is 2.05 bits per heavy atom. The first-order valence-electron chi connectivity index (χ1n) is 7.45. The van der Waals surface area contributed by atoms with Crippen LogP contribution in [0.1, 0.15) is 59.8 Å². The molecule has 0 heterocycles. The molecule has 0 amide bonds. The van der Waals surface area contributed by atoms with Crippen molar-refractivity contribution in [2.75, 3.05) is 13.2 Å². The molecular formula is C15H28O3Si. The Kier molecular flexibility index (Phi) is 6.55. The lowest BCUT2D eigenvalue weighted by Crippen LogP contribution is -2.55. The molecule has 1 rings (SSSR count). The van der Waals surface area contributed by atoms with Crippen molar-refractivity contribution in [3.8, 4) is 12.3 Å². The van der Waals surface area contributed by atoms with Crippen LogP contribution >= 0.6 is 0 Å². The van der Waals surface area contributed by atoms with Gasteiger partial charge in [-0.25, -0.2) is 0 Å². The van der Waals surface area contributed by atoms with Crippen LogP contribution in [0, 0.1) is 12.3 Å². The summed E-state index contributed by atoms with van der Waals surface area (Å²) >= 11 is 0. The molecule has 1 aliphatic carbocycles. The monoisotopic (exact) mass is 284 g/mol. The van der Waals surface area contributed by atoms with Gasteiger partial charge >= 0.3 is 8.80 Å². The van der Waals surface area contributed by atoms with E-state index < -0.39 is 14.4 Å². The van der Waals surface area contributed by atoms with Crippen molar-refractivity contribution in [1.29, 1.82) is 0 Å². The van der Waals surface area contributed by atoms with Crippen LogP contribution in [0.2, 0.25) is 5.54 Å². The molecule has 0 aromatic heterocycles. The minimum Gasteiger partial charge on any atom is -0.374 e. The maximum absolute atomic E-state index is 6.25. The second-order valence-electron chi connectivity index (χ2n) is 5.56. The van der Waals surface area contributed by atoms with Crippen LogP contribution < -0.4 is 0 Å². The second kappa shape index (κ2) is 7.44. The third-order valence-electron chi connectivity index (χ3n) is 3.54. The molecule has 3 nitrogen and oxygen atoms in total. The molecule has 0 spiro atoms. The van der Waals surface area contributed by atoms with Crippen LogP contribution in [0.4, 0.5) is 0 Å². The van der Waals surface area contributed by atoms with Crippen molar-refractivity contribution in [3.05, 3.63) is 0 Å². The standard InChI is InChI=1S/C15H28O3Si/c1-6-15(4,5)18-19(16-7-2,17-8-3)14-12-10-9-11-13-14/h1,14H,7-13H2,2-5H3. The number of rotatable bonds is 7. The van der Waals surface area contributed by atoms with Gasteiger partial charge in [-0.05, 0) is 40.5 Å². The summed E-state index contributed by atoms with van der Waals surface area (Å²) < 4.78 is 18.3. The normalized spacial score (nSPS) is 18.3. The Balaban J connectivity index is 2.94. The maximum atomic E-state index is 6.25. The Labute approximate surface area is 119 Å². The molecule has 0 aromatic rings. The SMILES string of the molecule is C#CC(C)(C)O[Si](OCC)(OCC)C1CCCCC1. The van der Waals surface area contributed by atoms with Gasteiger partial charge in [0.1, 0.15) is 5.60 Å². The van der Waals surface area contributed by atoms with E-state index in [0.717, 1.165) is 12.8 Å². The van der Waals surface area contributed by atoms with Gasteiger partial charge in [-0.3, -0.25) is 0 Å². The van der Waals surface area contributed by atoms with Gasteiger partial charge in [0.2, 0.25) is 0 Å². The summed E-state index contributed by atoms with van der Waals surface area (Å²) in [6.45, 7) is 9.05. The largest absolute Gasteiger partial charge is 0.505 e. The fourth-order valence-corrected chi connectivity index (χ4v) is 6.19. The van der Waals surface area contributed by atoms with Gasteiger partial charge in [-0.15, -0.1) is 6.42 Å². The number of terminal acetylenes is 1. The molecule has 0 N–H and O–H groups in total. The minimum absolute atomic E-state index is 0.397. The predicted octanol–water partition coefficient (Wildman–Crippen LogP) is 3.76.